The summed E-state index contributed by atoms with van der Waals surface area (Å²) in [6.45, 7) is 1.29. The molecule has 1 N–H and O–H groups in total. The van der Waals surface area contributed by atoms with Crippen molar-refractivity contribution in [3.05, 3.63) is 35.9 Å². The summed E-state index contributed by atoms with van der Waals surface area (Å²) >= 11 is 0. The first-order valence-electron chi connectivity index (χ1n) is 5.76. The molecule has 18 heavy (non-hydrogen) atoms. The van der Waals surface area contributed by atoms with Gasteiger partial charge in [0.05, 0.1) is 19.8 Å². The number of hydrogen-bond donors (Lipinski definition) is 1. The zero-order chi connectivity index (χ0) is 12.1. The zero-order valence-electron chi connectivity index (χ0n) is 10.3. The Morgan fingerprint density at radius 1 is 1.39 bits per heavy atom. The van der Waals surface area contributed by atoms with Crippen LogP contribution in [0.4, 0.5) is 0 Å². The highest BCUT2D eigenvalue weighted by atomic mass is 35.5. The van der Waals surface area contributed by atoms with Gasteiger partial charge in [-0.2, -0.15) is 0 Å². The van der Waals surface area contributed by atoms with Crippen molar-refractivity contribution in [2.24, 2.45) is 0 Å². The van der Waals surface area contributed by atoms with Gasteiger partial charge >= 0.3 is 5.97 Å². The smallest absolute Gasteiger partial charge is 0.322 e. The van der Waals surface area contributed by atoms with Crippen LogP contribution in [0, 0.1) is 0 Å². The Balaban J connectivity index is 0.00000162. The molecule has 0 saturated carbocycles. The predicted octanol–water partition coefficient (Wildman–Crippen LogP) is 1.53. The maximum absolute atomic E-state index is 11.3. The van der Waals surface area contributed by atoms with E-state index in [1.807, 2.05) is 30.3 Å². The van der Waals surface area contributed by atoms with Crippen LogP contribution in [0.5, 0.6) is 0 Å². The SMILES string of the molecule is COC(=O)C1CC(OCc2ccccc2)CN1.Cl. The van der Waals surface area contributed by atoms with Gasteiger partial charge in [0.1, 0.15) is 6.04 Å². The lowest BCUT2D eigenvalue weighted by atomic mass is 10.2. The van der Waals surface area contributed by atoms with Crippen molar-refractivity contribution in [2.75, 3.05) is 13.7 Å². The summed E-state index contributed by atoms with van der Waals surface area (Å²) in [5.41, 5.74) is 1.15. The first-order valence-corrected chi connectivity index (χ1v) is 5.76. The number of esters is 1. The van der Waals surface area contributed by atoms with Crippen LogP contribution < -0.4 is 5.32 Å². The van der Waals surface area contributed by atoms with Crippen LogP contribution in [0.15, 0.2) is 30.3 Å². The van der Waals surface area contributed by atoms with E-state index in [4.69, 9.17) is 4.74 Å². The topological polar surface area (TPSA) is 47.6 Å². The Morgan fingerprint density at radius 2 is 2.11 bits per heavy atom. The third-order valence-corrected chi connectivity index (χ3v) is 2.90. The fraction of sp³-hybridized carbons (Fsp3) is 0.462. The Labute approximate surface area is 113 Å². The molecule has 0 bridgehead atoms. The van der Waals surface area contributed by atoms with Crippen molar-refractivity contribution in [2.45, 2.75) is 25.2 Å². The molecule has 1 saturated heterocycles. The fourth-order valence-corrected chi connectivity index (χ4v) is 1.94. The van der Waals surface area contributed by atoms with Gasteiger partial charge in [-0.15, -0.1) is 12.4 Å². The van der Waals surface area contributed by atoms with E-state index in [0.29, 0.717) is 19.6 Å². The molecule has 2 unspecified atom stereocenters. The van der Waals surface area contributed by atoms with Crippen molar-refractivity contribution in [3.8, 4) is 0 Å². The van der Waals surface area contributed by atoms with Crippen LogP contribution in [0.25, 0.3) is 0 Å². The molecule has 2 atom stereocenters. The monoisotopic (exact) mass is 271 g/mol. The normalized spacial score (nSPS) is 22.3. The van der Waals surface area contributed by atoms with Crippen LogP contribution in [0.2, 0.25) is 0 Å². The van der Waals surface area contributed by atoms with Crippen molar-refractivity contribution in [1.29, 1.82) is 0 Å². The molecule has 1 aromatic rings. The lowest BCUT2D eigenvalue weighted by Crippen LogP contribution is -2.31. The molecule has 1 aliphatic heterocycles. The van der Waals surface area contributed by atoms with Crippen LogP contribution in [0.1, 0.15) is 12.0 Å². The van der Waals surface area contributed by atoms with Gasteiger partial charge in [0, 0.05) is 13.0 Å². The minimum absolute atomic E-state index is 0. The number of hydrogen-bond acceptors (Lipinski definition) is 4. The average molecular weight is 272 g/mol. The minimum Gasteiger partial charge on any atom is -0.468 e. The highest BCUT2D eigenvalue weighted by Gasteiger charge is 2.30. The second-order valence-corrected chi connectivity index (χ2v) is 4.14. The quantitative estimate of drug-likeness (QED) is 0.844. The van der Waals surface area contributed by atoms with E-state index < -0.39 is 0 Å². The Hall–Kier alpha value is -1.10. The summed E-state index contributed by atoms with van der Waals surface area (Å²) in [4.78, 5) is 11.3. The van der Waals surface area contributed by atoms with Crippen LogP contribution >= 0.6 is 12.4 Å². The molecule has 1 fully saturated rings. The molecule has 0 radical (unpaired) electrons. The van der Waals surface area contributed by atoms with E-state index in [9.17, 15) is 4.79 Å². The van der Waals surface area contributed by atoms with Crippen molar-refractivity contribution >= 4 is 18.4 Å². The number of carbonyl (C=O) groups is 1. The summed E-state index contributed by atoms with van der Waals surface area (Å²) in [6.07, 6.45) is 0.763. The summed E-state index contributed by atoms with van der Waals surface area (Å²) in [7, 11) is 1.40. The van der Waals surface area contributed by atoms with E-state index in [1.165, 1.54) is 7.11 Å². The molecular formula is C13H18ClNO3. The molecule has 4 nitrogen and oxygen atoms in total. The number of carbonyl (C=O) groups excluding carboxylic acids is 1. The summed E-state index contributed by atoms with van der Waals surface area (Å²) in [5, 5.41) is 3.09. The molecular weight excluding hydrogens is 254 g/mol. The highest BCUT2D eigenvalue weighted by Crippen LogP contribution is 2.13. The molecule has 1 aliphatic rings. The number of methoxy groups -OCH3 is 1. The Bertz CT molecular complexity index is 372. The average Bonchev–Trinajstić information content (AvgIpc) is 2.85. The third-order valence-electron chi connectivity index (χ3n) is 2.90. The van der Waals surface area contributed by atoms with Crippen LogP contribution in [-0.2, 0) is 20.9 Å². The molecule has 0 spiro atoms. The summed E-state index contributed by atoms with van der Waals surface area (Å²) < 4.78 is 10.4. The number of nitrogens with one attached hydrogen (secondary N) is 1. The maximum atomic E-state index is 11.3. The van der Waals surface area contributed by atoms with E-state index >= 15 is 0 Å². The van der Waals surface area contributed by atoms with Gasteiger partial charge < -0.3 is 14.8 Å². The number of halogens is 1. The minimum atomic E-state index is -0.222. The van der Waals surface area contributed by atoms with Gasteiger partial charge in [0.2, 0.25) is 0 Å². The number of ether oxygens (including phenoxy) is 2. The standard InChI is InChI=1S/C13H17NO3.ClH/c1-16-13(15)12-7-11(8-14-12)17-9-10-5-3-2-4-6-10;/h2-6,11-12,14H,7-9H2,1H3;1H. The largest absolute Gasteiger partial charge is 0.468 e. The Morgan fingerprint density at radius 3 is 2.78 bits per heavy atom. The molecule has 0 aliphatic carbocycles. The highest BCUT2D eigenvalue weighted by molar-refractivity contribution is 5.85. The van der Waals surface area contributed by atoms with E-state index in [1.54, 1.807) is 0 Å². The van der Waals surface area contributed by atoms with Crippen molar-refractivity contribution in [3.63, 3.8) is 0 Å². The second-order valence-electron chi connectivity index (χ2n) is 4.14. The lowest BCUT2D eigenvalue weighted by Gasteiger charge is -2.10. The third kappa shape index (κ3) is 3.98. The van der Waals surface area contributed by atoms with Gasteiger partial charge in [-0.05, 0) is 5.56 Å². The van der Waals surface area contributed by atoms with Gasteiger partial charge in [0.25, 0.3) is 0 Å². The van der Waals surface area contributed by atoms with Crippen molar-refractivity contribution in [1.82, 2.24) is 5.32 Å². The van der Waals surface area contributed by atoms with Gasteiger partial charge in [-0.1, -0.05) is 30.3 Å². The Kier molecular flexibility index (Phi) is 6.12. The van der Waals surface area contributed by atoms with Gasteiger partial charge in [0.15, 0.2) is 0 Å². The molecule has 100 valence electrons. The molecule has 1 heterocycles. The fourth-order valence-electron chi connectivity index (χ4n) is 1.94. The van der Waals surface area contributed by atoms with Gasteiger partial charge in [-0.25, -0.2) is 0 Å². The van der Waals surface area contributed by atoms with Crippen molar-refractivity contribution < 1.29 is 14.3 Å². The summed E-state index contributed by atoms with van der Waals surface area (Å²) in [6, 6.07) is 9.79. The second kappa shape index (κ2) is 7.36. The van der Waals surface area contributed by atoms with E-state index in [0.717, 1.165) is 5.56 Å². The summed E-state index contributed by atoms with van der Waals surface area (Å²) in [5.74, 6) is -0.212. The first-order chi connectivity index (χ1) is 8.29. The predicted molar refractivity (Wildman–Crippen MR) is 70.7 cm³/mol. The lowest BCUT2D eigenvalue weighted by molar-refractivity contribution is -0.142. The number of rotatable bonds is 4. The molecule has 1 aromatic carbocycles. The van der Waals surface area contributed by atoms with E-state index in [-0.39, 0.29) is 30.5 Å². The molecule has 2 rings (SSSR count). The number of benzene rings is 1. The van der Waals surface area contributed by atoms with Crippen LogP contribution in [0.3, 0.4) is 0 Å². The maximum Gasteiger partial charge on any atom is 0.322 e. The molecule has 5 heteroatoms. The molecule has 0 amide bonds. The first kappa shape index (κ1) is 15.0. The molecule has 0 aromatic heterocycles. The van der Waals surface area contributed by atoms with E-state index in [2.05, 4.69) is 10.1 Å². The zero-order valence-corrected chi connectivity index (χ0v) is 11.1. The van der Waals surface area contributed by atoms with Gasteiger partial charge in [-0.3, -0.25) is 4.79 Å². The van der Waals surface area contributed by atoms with Crippen LogP contribution in [-0.4, -0.2) is 31.8 Å².